The average Bonchev–Trinajstić information content (AvgIpc) is 2.09. The largest absolute Gasteiger partial charge is 0.307 e. The zero-order valence-corrected chi connectivity index (χ0v) is 7.33. The molecule has 2 nitrogen and oxygen atoms in total. The number of nitrogens with zero attached hydrogens (tertiary/aromatic N) is 1. The Hall–Kier alpha value is -1.44. The Morgan fingerprint density at radius 2 is 2.08 bits per heavy atom. The topological polar surface area (TPSA) is 36.2 Å². The standard InChI is InChI=1S/C10H12N2/c1-8-5-3-4-6-10(8)12-9(2)7-11/h3-7,11H,1-2H3. The van der Waals surface area contributed by atoms with Crippen molar-refractivity contribution in [3.63, 3.8) is 0 Å². The third-order valence-electron chi connectivity index (χ3n) is 1.62. The van der Waals surface area contributed by atoms with Crippen LogP contribution >= 0.6 is 0 Å². The van der Waals surface area contributed by atoms with Crippen LogP contribution in [0.2, 0.25) is 0 Å². The van der Waals surface area contributed by atoms with Crippen LogP contribution in [0.4, 0.5) is 5.69 Å². The minimum atomic E-state index is 0.726. The summed E-state index contributed by atoms with van der Waals surface area (Å²) in [5.74, 6) is 0. The van der Waals surface area contributed by atoms with E-state index in [-0.39, 0.29) is 0 Å². The fourth-order valence-electron chi connectivity index (χ4n) is 0.911. The summed E-state index contributed by atoms with van der Waals surface area (Å²) in [4.78, 5) is 4.25. The summed E-state index contributed by atoms with van der Waals surface area (Å²) >= 11 is 0. The van der Waals surface area contributed by atoms with E-state index >= 15 is 0 Å². The SMILES string of the molecule is CC(C=N)=Nc1ccccc1C. The molecule has 1 N–H and O–H groups in total. The van der Waals surface area contributed by atoms with Crippen LogP contribution in [0, 0.1) is 12.3 Å². The molecule has 0 atom stereocenters. The van der Waals surface area contributed by atoms with Crippen molar-refractivity contribution in [3.8, 4) is 0 Å². The molecule has 62 valence electrons. The van der Waals surface area contributed by atoms with Gasteiger partial charge in [-0.25, -0.2) is 0 Å². The Labute approximate surface area is 72.5 Å². The third kappa shape index (κ3) is 2.02. The number of rotatable bonds is 2. The van der Waals surface area contributed by atoms with Crippen molar-refractivity contribution >= 4 is 17.6 Å². The molecule has 1 aromatic carbocycles. The Morgan fingerprint density at radius 1 is 1.42 bits per heavy atom. The van der Waals surface area contributed by atoms with Crippen LogP contribution < -0.4 is 0 Å². The number of benzene rings is 1. The van der Waals surface area contributed by atoms with E-state index in [4.69, 9.17) is 5.41 Å². The van der Waals surface area contributed by atoms with Crippen LogP contribution in [0.3, 0.4) is 0 Å². The molecule has 0 aliphatic carbocycles. The van der Waals surface area contributed by atoms with E-state index in [1.807, 2.05) is 38.1 Å². The second-order valence-corrected chi connectivity index (χ2v) is 2.68. The first-order valence-corrected chi connectivity index (χ1v) is 3.85. The maximum atomic E-state index is 6.97. The van der Waals surface area contributed by atoms with Crippen molar-refractivity contribution in [1.82, 2.24) is 0 Å². The maximum Gasteiger partial charge on any atom is 0.0662 e. The minimum Gasteiger partial charge on any atom is -0.307 e. The molecular weight excluding hydrogens is 148 g/mol. The van der Waals surface area contributed by atoms with Crippen LogP contribution in [0.5, 0.6) is 0 Å². The van der Waals surface area contributed by atoms with Crippen LogP contribution in [0.15, 0.2) is 29.3 Å². The molecule has 0 amide bonds. The molecule has 0 aliphatic heterocycles. The lowest BCUT2D eigenvalue weighted by Gasteiger charge is -1.98. The average molecular weight is 160 g/mol. The minimum absolute atomic E-state index is 0.726. The molecule has 12 heavy (non-hydrogen) atoms. The van der Waals surface area contributed by atoms with E-state index in [2.05, 4.69) is 4.99 Å². The lowest BCUT2D eigenvalue weighted by Crippen LogP contribution is -1.89. The van der Waals surface area contributed by atoms with Crippen molar-refractivity contribution in [2.45, 2.75) is 13.8 Å². The number of aliphatic imine (C=N–C) groups is 1. The van der Waals surface area contributed by atoms with Crippen molar-refractivity contribution in [2.75, 3.05) is 0 Å². The number of para-hydroxylation sites is 1. The molecule has 0 aromatic heterocycles. The van der Waals surface area contributed by atoms with Gasteiger partial charge in [0, 0.05) is 6.21 Å². The highest BCUT2D eigenvalue weighted by Crippen LogP contribution is 2.16. The Morgan fingerprint density at radius 3 is 2.67 bits per heavy atom. The molecule has 0 heterocycles. The quantitative estimate of drug-likeness (QED) is 0.646. The molecule has 1 aromatic rings. The fourth-order valence-corrected chi connectivity index (χ4v) is 0.911. The van der Waals surface area contributed by atoms with E-state index < -0.39 is 0 Å². The second-order valence-electron chi connectivity index (χ2n) is 2.68. The van der Waals surface area contributed by atoms with Crippen molar-refractivity contribution in [2.24, 2.45) is 4.99 Å². The van der Waals surface area contributed by atoms with Gasteiger partial charge in [-0.15, -0.1) is 0 Å². The first-order valence-electron chi connectivity index (χ1n) is 3.85. The summed E-state index contributed by atoms with van der Waals surface area (Å²) in [6.45, 7) is 3.83. The third-order valence-corrected chi connectivity index (χ3v) is 1.62. The van der Waals surface area contributed by atoms with Crippen LogP contribution in [-0.4, -0.2) is 11.9 Å². The molecule has 0 saturated carbocycles. The zero-order chi connectivity index (χ0) is 8.97. The summed E-state index contributed by atoms with van der Waals surface area (Å²) in [5, 5.41) is 6.97. The lowest BCUT2D eigenvalue weighted by molar-refractivity contribution is 1.39. The number of hydrogen-bond donors (Lipinski definition) is 1. The van der Waals surface area contributed by atoms with Crippen LogP contribution in [0.1, 0.15) is 12.5 Å². The van der Waals surface area contributed by atoms with E-state index in [0.29, 0.717) is 0 Å². The summed E-state index contributed by atoms with van der Waals surface area (Å²) in [7, 11) is 0. The summed E-state index contributed by atoms with van der Waals surface area (Å²) in [6.07, 6.45) is 1.26. The van der Waals surface area contributed by atoms with E-state index in [9.17, 15) is 0 Å². The molecule has 0 aliphatic rings. The van der Waals surface area contributed by atoms with Gasteiger partial charge in [0.2, 0.25) is 0 Å². The summed E-state index contributed by atoms with van der Waals surface area (Å²) in [5.41, 5.74) is 2.81. The van der Waals surface area contributed by atoms with Crippen molar-refractivity contribution in [3.05, 3.63) is 29.8 Å². The first-order chi connectivity index (χ1) is 5.74. The number of aryl methyl sites for hydroxylation is 1. The van der Waals surface area contributed by atoms with Gasteiger partial charge in [0.25, 0.3) is 0 Å². The molecule has 2 heteroatoms. The highest BCUT2D eigenvalue weighted by molar-refractivity contribution is 6.28. The predicted octanol–water partition coefficient (Wildman–Crippen LogP) is 2.74. The van der Waals surface area contributed by atoms with E-state index in [0.717, 1.165) is 17.0 Å². The zero-order valence-electron chi connectivity index (χ0n) is 7.33. The molecule has 0 radical (unpaired) electrons. The first kappa shape index (κ1) is 8.65. The maximum absolute atomic E-state index is 6.97. The number of hydrogen-bond acceptors (Lipinski definition) is 2. The molecule has 1 rings (SSSR count). The molecular formula is C10H12N2. The summed E-state index contributed by atoms with van der Waals surface area (Å²) < 4.78 is 0. The van der Waals surface area contributed by atoms with Gasteiger partial charge >= 0.3 is 0 Å². The smallest absolute Gasteiger partial charge is 0.0662 e. The lowest BCUT2D eigenvalue weighted by atomic mass is 10.2. The molecule has 0 saturated heterocycles. The van der Waals surface area contributed by atoms with Gasteiger partial charge in [0.15, 0.2) is 0 Å². The van der Waals surface area contributed by atoms with Gasteiger partial charge in [-0.1, -0.05) is 18.2 Å². The molecule has 0 spiro atoms. The van der Waals surface area contributed by atoms with Gasteiger partial charge in [-0.05, 0) is 25.5 Å². The Bertz CT molecular complexity index is 313. The van der Waals surface area contributed by atoms with Crippen molar-refractivity contribution in [1.29, 1.82) is 5.41 Å². The van der Waals surface area contributed by atoms with Gasteiger partial charge in [0.1, 0.15) is 0 Å². The summed E-state index contributed by atoms with van der Waals surface area (Å²) in [6, 6.07) is 7.88. The van der Waals surface area contributed by atoms with Gasteiger partial charge in [-0.2, -0.15) is 0 Å². The van der Waals surface area contributed by atoms with Crippen molar-refractivity contribution < 1.29 is 0 Å². The highest BCUT2D eigenvalue weighted by Gasteiger charge is 1.92. The Balaban J connectivity index is 3.04. The van der Waals surface area contributed by atoms with E-state index in [1.54, 1.807) is 0 Å². The molecule has 0 fully saturated rings. The van der Waals surface area contributed by atoms with Crippen LogP contribution in [0.25, 0.3) is 0 Å². The monoisotopic (exact) mass is 160 g/mol. The van der Waals surface area contributed by atoms with Gasteiger partial charge < -0.3 is 5.41 Å². The number of nitrogens with one attached hydrogen (secondary N) is 1. The molecule has 0 unspecified atom stereocenters. The van der Waals surface area contributed by atoms with Crippen LogP contribution in [-0.2, 0) is 0 Å². The fraction of sp³-hybridized carbons (Fsp3) is 0.200. The highest BCUT2D eigenvalue weighted by atomic mass is 14.7. The van der Waals surface area contributed by atoms with Gasteiger partial charge in [0.05, 0.1) is 11.4 Å². The second kappa shape index (κ2) is 3.81. The van der Waals surface area contributed by atoms with Gasteiger partial charge in [-0.3, -0.25) is 4.99 Å². The normalized spacial score (nSPS) is 11.3. The molecule has 0 bridgehead atoms. The van der Waals surface area contributed by atoms with E-state index in [1.165, 1.54) is 6.21 Å². The Kier molecular flexibility index (Phi) is 2.75. The predicted molar refractivity (Wildman–Crippen MR) is 52.7 cm³/mol.